The third kappa shape index (κ3) is 4.20. The molecule has 3 heterocycles. The summed E-state index contributed by atoms with van der Waals surface area (Å²) in [5, 5.41) is 0. The van der Waals surface area contributed by atoms with Gasteiger partial charge in [0.1, 0.15) is 5.82 Å². The van der Waals surface area contributed by atoms with Crippen LogP contribution in [0, 0.1) is 0 Å². The van der Waals surface area contributed by atoms with Crippen LogP contribution in [0.3, 0.4) is 0 Å². The highest BCUT2D eigenvalue weighted by Crippen LogP contribution is 2.20. The minimum absolute atomic E-state index is 0.208. The second-order valence-electron chi connectivity index (χ2n) is 6.32. The number of aromatic nitrogens is 1. The number of pyridine rings is 1. The van der Waals surface area contributed by atoms with Crippen LogP contribution in [0.5, 0.6) is 0 Å². The van der Waals surface area contributed by atoms with Crippen molar-refractivity contribution in [3.63, 3.8) is 0 Å². The fourth-order valence-electron chi connectivity index (χ4n) is 3.29. The molecule has 23 heavy (non-hydrogen) atoms. The quantitative estimate of drug-likeness (QED) is 0.823. The molecule has 6 nitrogen and oxygen atoms in total. The van der Waals surface area contributed by atoms with E-state index in [2.05, 4.69) is 14.8 Å². The van der Waals surface area contributed by atoms with Crippen LogP contribution in [0.4, 0.5) is 5.82 Å². The van der Waals surface area contributed by atoms with E-state index in [0.717, 1.165) is 58.1 Å². The Morgan fingerprint density at radius 2 is 2.17 bits per heavy atom. The lowest BCUT2D eigenvalue weighted by Gasteiger charge is -2.39. The number of anilines is 1. The number of likely N-dealkylation sites (N-methyl/N-ethyl adjacent to an activating group) is 1. The van der Waals surface area contributed by atoms with Crippen molar-refractivity contribution in [1.29, 1.82) is 0 Å². The zero-order valence-electron chi connectivity index (χ0n) is 13.9. The Kier molecular flexibility index (Phi) is 5.46. The van der Waals surface area contributed by atoms with E-state index in [1.165, 1.54) is 0 Å². The second-order valence-corrected chi connectivity index (χ2v) is 6.32. The third-order valence-electron chi connectivity index (χ3n) is 4.77. The number of piperidine rings is 1. The van der Waals surface area contributed by atoms with Gasteiger partial charge in [0.25, 0.3) is 0 Å². The molecule has 0 spiro atoms. The maximum absolute atomic E-state index is 12.6. The van der Waals surface area contributed by atoms with Crippen molar-refractivity contribution in [2.45, 2.75) is 18.9 Å². The Bertz CT molecular complexity index is 505. The van der Waals surface area contributed by atoms with E-state index in [1.54, 1.807) is 0 Å². The standard InChI is InChI=1S/C17H26N4O2/c1-19(17(22)14-20-9-11-23-12-10-20)15-5-4-8-21(13-15)16-6-2-3-7-18-16/h2-3,6-7,15H,4-5,8-14H2,1H3/t15-/m0/s1. The maximum atomic E-state index is 12.6. The number of amides is 1. The first-order valence-corrected chi connectivity index (χ1v) is 8.46. The molecular weight excluding hydrogens is 292 g/mol. The molecule has 0 unspecified atom stereocenters. The summed E-state index contributed by atoms with van der Waals surface area (Å²) >= 11 is 0. The van der Waals surface area contributed by atoms with E-state index in [1.807, 2.05) is 36.3 Å². The topological polar surface area (TPSA) is 48.9 Å². The zero-order chi connectivity index (χ0) is 16.1. The van der Waals surface area contributed by atoms with Crippen molar-refractivity contribution in [3.05, 3.63) is 24.4 Å². The highest BCUT2D eigenvalue weighted by molar-refractivity contribution is 5.78. The van der Waals surface area contributed by atoms with Crippen LogP contribution in [-0.4, -0.2) is 79.7 Å². The van der Waals surface area contributed by atoms with Crippen molar-refractivity contribution in [3.8, 4) is 0 Å². The molecule has 0 aliphatic carbocycles. The van der Waals surface area contributed by atoms with E-state index in [9.17, 15) is 4.79 Å². The zero-order valence-corrected chi connectivity index (χ0v) is 13.9. The number of hydrogen-bond acceptors (Lipinski definition) is 5. The van der Waals surface area contributed by atoms with Crippen LogP contribution in [0.1, 0.15) is 12.8 Å². The van der Waals surface area contributed by atoms with Crippen LogP contribution >= 0.6 is 0 Å². The summed E-state index contributed by atoms with van der Waals surface area (Å²) in [5.74, 6) is 1.21. The fraction of sp³-hybridized carbons (Fsp3) is 0.647. The van der Waals surface area contributed by atoms with Crippen molar-refractivity contribution in [2.75, 3.05) is 57.9 Å². The predicted molar refractivity (Wildman–Crippen MR) is 89.5 cm³/mol. The van der Waals surface area contributed by atoms with Gasteiger partial charge in [-0.25, -0.2) is 4.98 Å². The maximum Gasteiger partial charge on any atom is 0.236 e. The molecule has 2 saturated heterocycles. The molecular formula is C17H26N4O2. The molecule has 1 atom stereocenters. The molecule has 0 aromatic carbocycles. The molecule has 2 aliphatic rings. The highest BCUT2D eigenvalue weighted by Gasteiger charge is 2.27. The molecule has 3 rings (SSSR count). The van der Waals surface area contributed by atoms with Crippen LogP contribution in [-0.2, 0) is 9.53 Å². The SMILES string of the molecule is CN(C(=O)CN1CCOCC1)[C@H]1CCCN(c2ccccn2)C1. The van der Waals surface area contributed by atoms with Crippen molar-refractivity contribution < 1.29 is 9.53 Å². The van der Waals surface area contributed by atoms with Gasteiger partial charge in [0.05, 0.1) is 19.8 Å². The smallest absolute Gasteiger partial charge is 0.236 e. The summed E-state index contributed by atoms with van der Waals surface area (Å²) in [6.45, 7) is 5.54. The first kappa shape index (κ1) is 16.2. The Labute approximate surface area is 138 Å². The first-order chi connectivity index (χ1) is 11.2. The average Bonchev–Trinajstić information content (AvgIpc) is 2.63. The molecule has 2 fully saturated rings. The van der Waals surface area contributed by atoms with E-state index >= 15 is 0 Å². The number of carbonyl (C=O) groups is 1. The van der Waals surface area contributed by atoms with Crippen LogP contribution in [0.15, 0.2) is 24.4 Å². The molecule has 0 saturated carbocycles. The summed E-state index contributed by atoms with van der Waals surface area (Å²) < 4.78 is 5.34. The van der Waals surface area contributed by atoms with Crippen molar-refractivity contribution in [1.82, 2.24) is 14.8 Å². The number of ether oxygens (including phenoxy) is 1. The molecule has 1 aromatic rings. The predicted octanol–water partition coefficient (Wildman–Crippen LogP) is 0.841. The van der Waals surface area contributed by atoms with Gasteiger partial charge in [-0.15, -0.1) is 0 Å². The second kappa shape index (κ2) is 7.75. The van der Waals surface area contributed by atoms with Crippen LogP contribution in [0.25, 0.3) is 0 Å². The lowest BCUT2D eigenvalue weighted by molar-refractivity contribution is -0.134. The molecule has 1 aromatic heterocycles. The largest absolute Gasteiger partial charge is 0.379 e. The first-order valence-electron chi connectivity index (χ1n) is 8.46. The van der Waals surface area contributed by atoms with Gasteiger partial charge in [0.2, 0.25) is 5.91 Å². The van der Waals surface area contributed by atoms with Gasteiger partial charge < -0.3 is 14.5 Å². The molecule has 0 bridgehead atoms. The van der Waals surface area contributed by atoms with E-state index in [-0.39, 0.29) is 11.9 Å². The normalized spacial score (nSPS) is 22.8. The highest BCUT2D eigenvalue weighted by atomic mass is 16.5. The summed E-state index contributed by atoms with van der Waals surface area (Å²) in [6, 6.07) is 6.25. The summed E-state index contributed by atoms with van der Waals surface area (Å²) in [7, 11) is 1.94. The van der Waals surface area contributed by atoms with Gasteiger partial charge in [-0.1, -0.05) is 6.07 Å². The molecule has 6 heteroatoms. The van der Waals surface area contributed by atoms with Gasteiger partial charge in [-0.05, 0) is 25.0 Å². The van der Waals surface area contributed by atoms with Crippen molar-refractivity contribution >= 4 is 11.7 Å². The molecule has 1 amide bonds. The van der Waals surface area contributed by atoms with Gasteiger partial charge in [0.15, 0.2) is 0 Å². The Morgan fingerprint density at radius 3 is 2.91 bits per heavy atom. The fourth-order valence-corrected chi connectivity index (χ4v) is 3.29. The molecule has 2 aliphatic heterocycles. The third-order valence-corrected chi connectivity index (χ3v) is 4.77. The number of rotatable bonds is 4. The monoisotopic (exact) mass is 318 g/mol. The Morgan fingerprint density at radius 1 is 1.35 bits per heavy atom. The lowest BCUT2D eigenvalue weighted by atomic mass is 10.0. The molecule has 126 valence electrons. The Balaban J connectivity index is 1.55. The van der Waals surface area contributed by atoms with Gasteiger partial charge in [-0.2, -0.15) is 0 Å². The molecule has 0 N–H and O–H groups in total. The summed E-state index contributed by atoms with van der Waals surface area (Å²) in [6.07, 6.45) is 3.98. The Hall–Kier alpha value is -1.66. The van der Waals surface area contributed by atoms with Crippen LogP contribution < -0.4 is 4.90 Å². The average molecular weight is 318 g/mol. The summed E-state index contributed by atoms with van der Waals surface area (Å²) in [4.78, 5) is 23.4. The minimum Gasteiger partial charge on any atom is -0.379 e. The van der Waals surface area contributed by atoms with E-state index in [0.29, 0.717) is 6.54 Å². The number of hydrogen-bond donors (Lipinski definition) is 0. The summed E-state index contributed by atoms with van der Waals surface area (Å²) in [5.41, 5.74) is 0. The number of nitrogens with zero attached hydrogens (tertiary/aromatic N) is 4. The van der Waals surface area contributed by atoms with Crippen molar-refractivity contribution in [2.24, 2.45) is 0 Å². The minimum atomic E-state index is 0.208. The van der Waals surface area contributed by atoms with E-state index in [4.69, 9.17) is 4.74 Å². The van der Waals surface area contributed by atoms with Gasteiger partial charge in [0, 0.05) is 45.5 Å². The van der Waals surface area contributed by atoms with Gasteiger partial charge >= 0.3 is 0 Å². The van der Waals surface area contributed by atoms with Gasteiger partial charge in [-0.3, -0.25) is 9.69 Å². The van der Waals surface area contributed by atoms with E-state index < -0.39 is 0 Å². The number of carbonyl (C=O) groups excluding carboxylic acids is 1. The number of morpholine rings is 1. The molecule has 0 radical (unpaired) electrons. The lowest BCUT2D eigenvalue weighted by Crippen LogP contribution is -2.52. The van der Waals surface area contributed by atoms with Crippen LogP contribution in [0.2, 0.25) is 0 Å².